The predicted octanol–water partition coefficient (Wildman–Crippen LogP) is 0.998. The highest BCUT2D eigenvalue weighted by atomic mass is 16.4. The molecule has 2 saturated heterocycles. The van der Waals surface area contributed by atoms with Crippen molar-refractivity contribution in [3.05, 3.63) is 0 Å². The zero-order valence-corrected chi connectivity index (χ0v) is 13.3. The van der Waals surface area contributed by atoms with Crippen LogP contribution in [-0.2, 0) is 4.79 Å². The van der Waals surface area contributed by atoms with E-state index in [2.05, 4.69) is 22.2 Å². The average Bonchev–Trinajstić information content (AvgIpc) is 3.21. The molecule has 3 atom stereocenters. The number of nitrogens with one attached hydrogen (secondary N) is 1. The molecule has 0 aromatic rings. The Hall–Kier alpha value is -0.650. The van der Waals surface area contributed by atoms with Crippen molar-refractivity contribution in [1.82, 2.24) is 15.1 Å². The van der Waals surface area contributed by atoms with Crippen LogP contribution in [0.3, 0.4) is 0 Å². The van der Waals surface area contributed by atoms with Gasteiger partial charge < -0.3 is 10.4 Å². The maximum absolute atomic E-state index is 12.0. The van der Waals surface area contributed by atoms with Crippen LogP contribution in [0.1, 0.15) is 39.0 Å². The predicted molar refractivity (Wildman–Crippen MR) is 82.4 cm³/mol. The summed E-state index contributed by atoms with van der Waals surface area (Å²) in [5.41, 5.74) is -0.725. The van der Waals surface area contributed by atoms with Gasteiger partial charge in [0.25, 0.3) is 0 Å². The minimum absolute atomic E-state index is 0.313. The highest BCUT2D eigenvalue weighted by molar-refractivity contribution is 5.80. The number of hydrogen-bond donors (Lipinski definition) is 2. The van der Waals surface area contributed by atoms with Gasteiger partial charge in [-0.05, 0) is 58.2 Å². The Morgan fingerprint density at radius 2 is 1.95 bits per heavy atom. The maximum Gasteiger partial charge on any atom is 0.325 e. The number of aliphatic carboxylic acids is 1. The van der Waals surface area contributed by atoms with Crippen LogP contribution in [0.5, 0.6) is 0 Å². The van der Waals surface area contributed by atoms with Gasteiger partial charge in [0.05, 0.1) is 0 Å². The first kappa shape index (κ1) is 15.3. The molecular weight excluding hydrogens is 266 g/mol. The summed E-state index contributed by atoms with van der Waals surface area (Å²) in [6.07, 6.45) is 5.87. The zero-order valence-electron chi connectivity index (χ0n) is 13.3. The molecule has 1 aliphatic carbocycles. The molecule has 120 valence electrons. The topological polar surface area (TPSA) is 55.8 Å². The van der Waals surface area contributed by atoms with E-state index < -0.39 is 11.5 Å². The lowest BCUT2D eigenvalue weighted by Crippen LogP contribution is -2.61. The quantitative estimate of drug-likeness (QED) is 0.765. The molecular formula is C16H29N3O2. The summed E-state index contributed by atoms with van der Waals surface area (Å²) >= 11 is 0. The zero-order chi connectivity index (χ0) is 15.0. The minimum atomic E-state index is -0.725. The third-order valence-corrected chi connectivity index (χ3v) is 5.85. The van der Waals surface area contributed by atoms with E-state index in [0.29, 0.717) is 24.5 Å². The van der Waals surface area contributed by atoms with Gasteiger partial charge >= 0.3 is 5.97 Å². The molecule has 2 bridgehead atoms. The van der Waals surface area contributed by atoms with Crippen molar-refractivity contribution < 1.29 is 9.90 Å². The van der Waals surface area contributed by atoms with Crippen molar-refractivity contribution in [2.24, 2.45) is 5.92 Å². The molecule has 21 heavy (non-hydrogen) atoms. The first-order valence-corrected chi connectivity index (χ1v) is 8.49. The summed E-state index contributed by atoms with van der Waals surface area (Å²) in [6, 6.07) is 1.32. The molecule has 3 aliphatic rings. The highest BCUT2D eigenvalue weighted by Gasteiger charge is 2.52. The van der Waals surface area contributed by atoms with Crippen molar-refractivity contribution in [1.29, 1.82) is 0 Å². The number of nitrogens with zero attached hydrogens (tertiary/aromatic N) is 2. The van der Waals surface area contributed by atoms with E-state index in [1.54, 1.807) is 0 Å². The second-order valence-electron chi connectivity index (χ2n) is 7.16. The van der Waals surface area contributed by atoms with Crippen molar-refractivity contribution in [2.75, 3.05) is 33.2 Å². The first-order valence-electron chi connectivity index (χ1n) is 8.49. The van der Waals surface area contributed by atoms with E-state index in [1.165, 1.54) is 19.3 Å². The number of hydrogen-bond acceptors (Lipinski definition) is 4. The fourth-order valence-corrected chi connectivity index (χ4v) is 4.41. The van der Waals surface area contributed by atoms with Crippen molar-refractivity contribution in [3.8, 4) is 0 Å². The molecule has 0 spiro atoms. The van der Waals surface area contributed by atoms with Gasteiger partial charge in [0, 0.05) is 25.2 Å². The Kier molecular flexibility index (Phi) is 4.26. The van der Waals surface area contributed by atoms with Gasteiger partial charge in [-0.15, -0.1) is 0 Å². The number of likely N-dealkylation sites (N-methyl/N-ethyl adjacent to an activating group) is 2. The first-order chi connectivity index (χ1) is 10.1. The van der Waals surface area contributed by atoms with Crippen LogP contribution < -0.4 is 5.32 Å². The largest absolute Gasteiger partial charge is 0.480 e. The highest BCUT2D eigenvalue weighted by Crippen LogP contribution is 2.41. The monoisotopic (exact) mass is 295 g/mol. The molecule has 0 radical (unpaired) electrons. The molecule has 2 N–H and O–H groups in total. The summed E-state index contributed by atoms with van der Waals surface area (Å²) in [5.74, 6) is -0.345. The number of carbonyl (C=O) groups is 1. The third-order valence-electron chi connectivity index (χ3n) is 5.85. The van der Waals surface area contributed by atoms with Gasteiger partial charge in [-0.1, -0.05) is 6.92 Å². The molecule has 5 nitrogen and oxygen atoms in total. The number of fused-ring (bicyclic) bond motifs is 2. The van der Waals surface area contributed by atoms with E-state index in [4.69, 9.17) is 0 Å². The van der Waals surface area contributed by atoms with E-state index in [9.17, 15) is 9.90 Å². The summed E-state index contributed by atoms with van der Waals surface area (Å²) in [7, 11) is 2.24. The van der Waals surface area contributed by atoms with Gasteiger partial charge in [-0.2, -0.15) is 0 Å². The standard InChI is InChI=1S/C16H29N3O2/c1-3-17-16(15(20)21,12-4-5-12)11-19-9-8-13-6-7-14(10-19)18(13)2/h12-14,17H,3-11H2,1-2H3,(H,20,21). The fourth-order valence-electron chi connectivity index (χ4n) is 4.41. The molecule has 0 aromatic heterocycles. The van der Waals surface area contributed by atoms with Crippen LogP contribution in [0.15, 0.2) is 0 Å². The molecule has 1 saturated carbocycles. The molecule has 2 heterocycles. The number of rotatable bonds is 6. The second-order valence-corrected chi connectivity index (χ2v) is 7.16. The molecule has 3 unspecified atom stereocenters. The molecule has 2 aliphatic heterocycles. The van der Waals surface area contributed by atoms with Crippen LogP contribution >= 0.6 is 0 Å². The number of carboxylic acids is 1. The van der Waals surface area contributed by atoms with Gasteiger partial charge in [-0.25, -0.2) is 0 Å². The Balaban J connectivity index is 1.72. The van der Waals surface area contributed by atoms with Crippen molar-refractivity contribution in [3.63, 3.8) is 0 Å². The molecule has 3 fully saturated rings. The third kappa shape index (κ3) is 2.83. The fraction of sp³-hybridized carbons (Fsp3) is 0.938. The summed E-state index contributed by atoms with van der Waals surface area (Å²) in [5, 5.41) is 13.2. The van der Waals surface area contributed by atoms with Crippen molar-refractivity contribution >= 4 is 5.97 Å². The van der Waals surface area contributed by atoms with Crippen LogP contribution in [0.25, 0.3) is 0 Å². The van der Waals surface area contributed by atoms with E-state index in [1.807, 2.05) is 6.92 Å². The second kappa shape index (κ2) is 5.86. The Morgan fingerprint density at radius 1 is 1.24 bits per heavy atom. The van der Waals surface area contributed by atoms with Gasteiger partial charge in [0.15, 0.2) is 0 Å². The smallest absolute Gasteiger partial charge is 0.325 e. The maximum atomic E-state index is 12.0. The van der Waals surface area contributed by atoms with Crippen LogP contribution in [0, 0.1) is 5.92 Å². The van der Waals surface area contributed by atoms with E-state index >= 15 is 0 Å². The normalized spacial score (nSPS) is 33.6. The van der Waals surface area contributed by atoms with Gasteiger partial charge in [-0.3, -0.25) is 14.6 Å². The molecule has 5 heteroatoms. The van der Waals surface area contributed by atoms with Crippen LogP contribution in [-0.4, -0.2) is 71.7 Å². The van der Waals surface area contributed by atoms with Gasteiger partial charge in [0.2, 0.25) is 0 Å². The van der Waals surface area contributed by atoms with Crippen LogP contribution in [0.4, 0.5) is 0 Å². The summed E-state index contributed by atoms with van der Waals surface area (Å²) < 4.78 is 0. The minimum Gasteiger partial charge on any atom is -0.480 e. The van der Waals surface area contributed by atoms with Gasteiger partial charge in [0.1, 0.15) is 5.54 Å². The number of carboxylic acid groups (broad SMARTS) is 1. The lowest BCUT2D eigenvalue weighted by molar-refractivity contribution is -0.147. The average molecular weight is 295 g/mol. The summed E-state index contributed by atoms with van der Waals surface area (Å²) in [4.78, 5) is 16.9. The Morgan fingerprint density at radius 3 is 2.57 bits per heavy atom. The lowest BCUT2D eigenvalue weighted by atomic mass is 9.91. The van der Waals surface area contributed by atoms with Crippen LogP contribution in [0.2, 0.25) is 0 Å². The van der Waals surface area contributed by atoms with E-state index in [-0.39, 0.29) is 0 Å². The SMILES string of the molecule is CCNC(CN1CCC2CCC(C1)N2C)(C(=O)O)C1CC1. The Bertz CT molecular complexity index is 399. The molecule has 0 amide bonds. The molecule has 0 aromatic carbocycles. The van der Waals surface area contributed by atoms with Crippen molar-refractivity contribution in [2.45, 2.75) is 56.7 Å². The Labute approximate surface area is 127 Å². The molecule has 3 rings (SSSR count). The summed E-state index contributed by atoms with van der Waals surface area (Å²) in [6.45, 7) is 5.47. The number of likely N-dealkylation sites (tertiary alicyclic amines) is 1. The van der Waals surface area contributed by atoms with E-state index in [0.717, 1.165) is 32.5 Å². The lowest BCUT2D eigenvalue weighted by Gasteiger charge is -2.37.